The van der Waals surface area contributed by atoms with Gasteiger partial charge in [-0.25, -0.2) is 0 Å². The number of amides is 1. The highest BCUT2D eigenvalue weighted by molar-refractivity contribution is 6.19. The Bertz CT molecular complexity index is 497. The number of methoxy groups -OCH3 is 2. The van der Waals surface area contributed by atoms with Crippen molar-refractivity contribution in [1.29, 1.82) is 5.26 Å². The number of hydrogen-bond donors (Lipinski definition) is 1. The standard InChI is InChI=1S/C13H15ClN2O3/c1-18-11-7-9(4-6-15)10(8-12(11)19-2)16-13(17)3-5-14/h7-8H,3-5H2,1-2H3,(H,16,17). The van der Waals surface area contributed by atoms with Gasteiger partial charge in [-0.2, -0.15) is 5.26 Å². The molecule has 1 amide bonds. The van der Waals surface area contributed by atoms with Crippen LogP contribution in [0.25, 0.3) is 0 Å². The smallest absolute Gasteiger partial charge is 0.225 e. The molecular weight excluding hydrogens is 268 g/mol. The number of halogens is 1. The summed E-state index contributed by atoms with van der Waals surface area (Å²) in [6.07, 6.45) is 0.374. The SMILES string of the molecule is COc1cc(CC#N)c(NC(=O)CCCl)cc1OC. The quantitative estimate of drug-likeness (QED) is 0.813. The Kier molecular flexibility index (Phi) is 5.97. The average molecular weight is 283 g/mol. The van der Waals surface area contributed by atoms with E-state index in [4.69, 9.17) is 26.3 Å². The number of carbonyl (C=O) groups is 1. The van der Waals surface area contributed by atoms with Gasteiger partial charge in [0.2, 0.25) is 5.91 Å². The summed E-state index contributed by atoms with van der Waals surface area (Å²) in [6.45, 7) is 0. The second-order valence-electron chi connectivity index (χ2n) is 3.69. The van der Waals surface area contributed by atoms with E-state index in [1.807, 2.05) is 6.07 Å². The van der Waals surface area contributed by atoms with E-state index in [2.05, 4.69) is 5.32 Å². The van der Waals surface area contributed by atoms with Gasteiger partial charge in [0.05, 0.1) is 26.7 Å². The van der Waals surface area contributed by atoms with Crippen molar-refractivity contribution in [2.75, 3.05) is 25.4 Å². The maximum absolute atomic E-state index is 11.6. The lowest BCUT2D eigenvalue weighted by molar-refractivity contribution is -0.115. The average Bonchev–Trinajstić information content (AvgIpc) is 2.40. The number of anilines is 1. The predicted molar refractivity (Wildman–Crippen MR) is 72.8 cm³/mol. The van der Waals surface area contributed by atoms with Crippen LogP contribution in [0.3, 0.4) is 0 Å². The number of ether oxygens (including phenoxy) is 2. The summed E-state index contributed by atoms with van der Waals surface area (Å²) < 4.78 is 10.3. The zero-order valence-corrected chi connectivity index (χ0v) is 11.6. The normalized spacial score (nSPS) is 9.58. The largest absolute Gasteiger partial charge is 0.493 e. The molecule has 0 spiro atoms. The molecule has 1 aromatic carbocycles. The van der Waals surface area contributed by atoms with E-state index in [0.29, 0.717) is 22.7 Å². The van der Waals surface area contributed by atoms with E-state index in [0.717, 1.165) is 0 Å². The second-order valence-corrected chi connectivity index (χ2v) is 4.06. The number of rotatable bonds is 6. The van der Waals surface area contributed by atoms with Crippen LogP contribution in [-0.2, 0) is 11.2 Å². The second kappa shape index (κ2) is 7.49. The summed E-state index contributed by atoms with van der Waals surface area (Å²) in [5.74, 6) is 1.04. The molecule has 0 aliphatic heterocycles. The molecule has 0 radical (unpaired) electrons. The van der Waals surface area contributed by atoms with Crippen LogP contribution >= 0.6 is 11.6 Å². The summed E-state index contributed by atoms with van der Waals surface area (Å²) >= 11 is 5.51. The number of alkyl halides is 1. The number of benzene rings is 1. The van der Waals surface area contributed by atoms with E-state index in [9.17, 15) is 4.79 Å². The Morgan fingerprint density at radius 3 is 2.53 bits per heavy atom. The Morgan fingerprint density at radius 1 is 1.37 bits per heavy atom. The van der Waals surface area contributed by atoms with Crippen molar-refractivity contribution in [2.24, 2.45) is 0 Å². The van der Waals surface area contributed by atoms with Gasteiger partial charge >= 0.3 is 0 Å². The molecule has 0 saturated heterocycles. The van der Waals surface area contributed by atoms with Crippen molar-refractivity contribution in [1.82, 2.24) is 0 Å². The molecule has 0 aromatic heterocycles. The molecule has 0 aliphatic rings. The lowest BCUT2D eigenvalue weighted by Gasteiger charge is -2.14. The van der Waals surface area contributed by atoms with Crippen molar-refractivity contribution in [3.63, 3.8) is 0 Å². The van der Waals surface area contributed by atoms with E-state index < -0.39 is 0 Å². The minimum Gasteiger partial charge on any atom is -0.493 e. The van der Waals surface area contributed by atoms with Crippen molar-refractivity contribution < 1.29 is 14.3 Å². The Balaban J connectivity index is 3.12. The van der Waals surface area contributed by atoms with Gasteiger partial charge in [-0.05, 0) is 11.6 Å². The predicted octanol–water partition coefficient (Wildman–Crippen LogP) is 2.34. The van der Waals surface area contributed by atoms with E-state index in [-0.39, 0.29) is 24.6 Å². The molecule has 6 heteroatoms. The van der Waals surface area contributed by atoms with Crippen LogP contribution in [0.5, 0.6) is 11.5 Å². The van der Waals surface area contributed by atoms with E-state index in [1.54, 1.807) is 12.1 Å². The van der Waals surface area contributed by atoms with Gasteiger partial charge in [0.15, 0.2) is 11.5 Å². The minimum absolute atomic E-state index is 0.164. The monoisotopic (exact) mass is 282 g/mol. The molecule has 0 saturated carbocycles. The van der Waals surface area contributed by atoms with Crippen LogP contribution in [0.15, 0.2) is 12.1 Å². The highest BCUT2D eigenvalue weighted by Crippen LogP contribution is 2.33. The molecule has 19 heavy (non-hydrogen) atoms. The molecule has 1 N–H and O–H groups in total. The lowest BCUT2D eigenvalue weighted by atomic mass is 10.1. The summed E-state index contributed by atoms with van der Waals surface area (Å²) in [5, 5.41) is 11.5. The van der Waals surface area contributed by atoms with Crippen LogP contribution in [0, 0.1) is 11.3 Å². The first-order valence-corrected chi connectivity index (χ1v) is 6.17. The topological polar surface area (TPSA) is 71.3 Å². The fourth-order valence-corrected chi connectivity index (χ4v) is 1.74. The summed E-state index contributed by atoms with van der Waals surface area (Å²) in [4.78, 5) is 11.6. The third-order valence-electron chi connectivity index (χ3n) is 2.47. The fraction of sp³-hybridized carbons (Fsp3) is 0.385. The first-order valence-electron chi connectivity index (χ1n) is 5.64. The molecule has 0 unspecified atom stereocenters. The molecule has 102 valence electrons. The van der Waals surface area contributed by atoms with Crippen LogP contribution in [0.2, 0.25) is 0 Å². The van der Waals surface area contributed by atoms with Crippen LogP contribution in [0.4, 0.5) is 5.69 Å². The Morgan fingerprint density at radius 2 is 2.00 bits per heavy atom. The molecule has 1 rings (SSSR count). The van der Waals surface area contributed by atoms with E-state index >= 15 is 0 Å². The zero-order chi connectivity index (χ0) is 14.3. The van der Waals surface area contributed by atoms with Crippen molar-refractivity contribution in [3.05, 3.63) is 17.7 Å². The molecule has 0 fully saturated rings. The Labute approximate surface area is 117 Å². The molecule has 1 aromatic rings. The van der Waals surface area contributed by atoms with Crippen LogP contribution in [-0.4, -0.2) is 26.0 Å². The summed E-state index contributed by atoms with van der Waals surface area (Å²) in [5.41, 5.74) is 1.21. The van der Waals surface area contributed by atoms with Gasteiger partial charge in [0.1, 0.15) is 0 Å². The van der Waals surface area contributed by atoms with Crippen LogP contribution in [0.1, 0.15) is 12.0 Å². The van der Waals surface area contributed by atoms with Crippen molar-refractivity contribution in [3.8, 4) is 17.6 Å². The third kappa shape index (κ3) is 4.04. The maximum Gasteiger partial charge on any atom is 0.225 e. The van der Waals surface area contributed by atoms with Crippen molar-refractivity contribution >= 4 is 23.2 Å². The van der Waals surface area contributed by atoms with Gasteiger partial charge in [0.25, 0.3) is 0 Å². The zero-order valence-electron chi connectivity index (χ0n) is 10.8. The van der Waals surface area contributed by atoms with Gasteiger partial charge in [0, 0.05) is 24.1 Å². The number of hydrogen-bond acceptors (Lipinski definition) is 4. The van der Waals surface area contributed by atoms with Gasteiger partial charge < -0.3 is 14.8 Å². The van der Waals surface area contributed by atoms with E-state index in [1.165, 1.54) is 14.2 Å². The van der Waals surface area contributed by atoms with Gasteiger partial charge in [-0.3, -0.25) is 4.79 Å². The number of nitriles is 1. The third-order valence-corrected chi connectivity index (χ3v) is 2.66. The molecular formula is C13H15ClN2O3. The number of carbonyl (C=O) groups excluding carboxylic acids is 1. The van der Waals surface area contributed by atoms with Gasteiger partial charge in [-0.15, -0.1) is 11.6 Å². The maximum atomic E-state index is 11.6. The molecule has 0 aliphatic carbocycles. The number of nitrogens with one attached hydrogen (secondary N) is 1. The highest BCUT2D eigenvalue weighted by atomic mass is 35.5. The first kappa shape index (κ1) is 15.1. The molecule has 0 heterocycles. The summed E-state index contributed by atoms with van der Waals surface area (Å²) in [7, 11) is 3.02. The fourth-order valence-electron chi connectivity index (χ4n) is 1.57. The van der Waals surface area contributed by atoms with Gasteiger partial charge in [-0.1, -0.05) is 0 Å². The summed E-state index contributed by atoms with van der Waals surface area (Å²) in [6, 6.07) is 5.36. The Hall–Kier alpha value is -1.93. The molecule has 5 nitrogen and oxygen atoms in total. The first-order chi connectivity index (χ1) is 9.15. The number of nitrogens with zero attached hydrogens (tertiary/aromatic N) is 1. The molecule has 0 bridgehead atoms. The minimum atomic E-state index is -0.207. The molecule has 0 atom stereocenters. The highest BCUT2D eigenvalue weighted by Gasteiger charge is 2.13. The van der Waals surface area contributed by atoms with Crippen LogP contribution < -0.4 is 14.8 Å². The lowest BCUT2D eigenvalue weighted by Crippen LogP contribution is -2.13. The van der Waals surface area contributed by atoms with Crippen molar-refractivity contribution in [2.45, 2.75) is 12.8 Å².